The number of nitrogens with zero attached hydrogens (tertiary/aromatic N) is 3. The normalized spacial score (nSPS) is 25.5. The first kappa shape index (κ1) is 12.9. The van der Waals surface area contributed by atoms with Crippen molar-refractivity contribution in [2.75, 3.05) is 26.9 Å². The Morgan fingerprint density at radius 1 is 1.24 bits per heavy atom. The first-order valence-corrected chi connectivity index (χ1v) is 7.71. The van der Waals surface area contributed by atoms with Crippen molar-refractivity contribution < 1.29 is 9.13 Å². The largest absolute Gasteiger partial charge is 0.492 e. The third kappa shape index (κ3) is 2.06. The minimum absolute atomic E-state index is 0.204. The van der Waals surface area contributed by atoms with Crippen LogP contribution in [0.15, 0.2) is 39.7 Å². The van der Waals surface area contributed by atoms with Crippen LogP contribution in [0, 0.1) is 5.92 Å². The first-order chi connectivity index (χ1) is 10.3. The number of rotatable bonds is 3. The third-order valence-corrected chi connectivity index (χ3v) is 4.59. The summed E-state index contributed by atoms with van der Waals surface area (Å²) < 4.78 is 20.3. The number of fused-ring (bicyclic) bond motifs is 1. The van der Waals surface area contributed by atoms with E-state index < -0.39 is 0 Å². The summed E-state index contributed by atoms with van der Waals surface area (Å²) in [5.74, 6) is 1.04. The van der Waals surface area contributed by atoms with Gasteiger partial charge in [-0.1, -0.05) is 0 Å². The van der Waals surface area contributed by atoms with Crippen molar-refractivity contribution in [2.45, 2.75) is 25.7 Å². The molecule has 0 atom stereocenters. The zero-order valence-corrected chi connectivity index (χ0v) is 12.3. The quantitative estimate of drug-likeness (QED) is 0.799. The standard InChI is InChI=1S/C16H20FN3O/c1-21-16-14-12(11-4-5-11)8-18-10-20(14)9-13(17)15(16)19-6-2-3-7-19/h8-9,11H,2-7,10H2,1H3. The van der Waals surface area contributed by atoms with E-state index in [9.17, 15) is 4.39 Å². The fourth-order valence-corrected chi connectivity index (χ4v) is 3.43. The van der Waals surface area contributed by atoms with E-state index in [0.29, 0.717) is 24.0 Å². The molecule has 5 heteroatoms. The van der Waals surface area contributed by atoms with E-state index in [1.807, 2.05) is 11.1 Å². The summed E-state index contributed by atoms with van der Waals surface area (Å²) in [7, 11) is 1.64. The topological polar surface area (TPSA) is 28.1 Å². The van der Waals surface area contributed by atoms with Crippen LogP contribution in [-0.2, 0) is 4.74 Å². The smallest absolute Gasteiger partial charge is 0.169 e. The molecule has 0 unspecified atom stereocenters. The number of ether oxygens (including phenoxy) is 1. The number of halogens is 1. The molecule has 21 heavy (non-hydrogen) atoms. The Morgan fingerprint density at radius 2 is 2.00 bits per heavy atom. The molecule has 0 N–H and O–H groups in total. The molecule has 1 saturated heterocycles. The zero-order valence-electron chi connectivity index (χ0n) is 12.3. The Morgan fingerprint density at radius 3 is 2.67 bits per heavy atom. The van der Waals surface area contributed by atoms with Crippen LogP contribution in [0.1, 0.15) is 25.7 Å². The number of hydrogen-bond donors (Lipinski definition) is 0. The molecule has 0 aromatic rings. The molecule has 112 valence electrons. The van der Waals surface area contributed by atoms with Gasteiger partial charge in [-0.3, -0.25) is 4.99 Å². The summed E-state index contributed by atoms with van der Waals surface area (Å²) in [4.78, 5) is 8.38. The molecular formula is C16H20FN3O. The van der Waals surface area contributed by atoms with Crippen LogP contribution in [-0.4, -0.2) is 42.9 Å². The van der Waals surface area contributed by atoms with E-state index in [-0.39, 0.29) is 5.83 Å². The lowest BCUT2D eigenvalue weighted by Gasteiger charge is -2.35. The second kappa shape index (κ2) is 4.90. The summed E-state index contributed by atoms with van der Waals surface area (Å²) in [6, 6.07) is 0. The summed E-state index contributed by atoms with van der Waals surface area (Å²) >= 11 is 0. The molecule has 0 aromatic heterocycles. The van der Waals surface area contributed by atoms with Crippen LogP contribution >= 0.6 is 0 Å². The zero-order chi connectivity index (χ0) is 14.4. The van der Waals surface area contributed by atoms with Gasteiger partial charge in [0.05, 0.1) is 12.8 Å². The lowest BCUT2D eigenvalue weighted by Crippen LogP contribution is -2.33. The van der Waals surface area contributed by atoms with Gasteiger partial charge >= 0.3 is 0 Å². The molecule has 2 fully saturated rings. The van der Waals surface area contributed by atoms with E-state index in [4.69, 9.17) is 4.74 Å². The van der Waals surface area contributed by atoms with Gasteiger partial charge < -0.3 is 14.5 Å². The van der Waals surface area contributed by atoms with E-state index in [1.165, 1.54) is 18.4 Å². The van der Waals surface area contributed by atoms with Crippen LogP contribution in [0.25, 0.3) is 0 Å². The monoisotopic (exact) mass is 289 g/mol. The predicted molar refractivity (Wildman–Crippen MR) is 79.0 cm³/mol. The molecule has 4 aliphatic rings. The number of methoxy groups -OCH3 is 1. The highest BCUT2D eigenvalue weighted by Gasteiger charge is 2.37. The van der Waals surface area contributed by atoms with E-state index in [1.54, 1.807) is 13.3 Å². The van der Waals surface area contributed by atoms with Crippen molar-refractivity contribution in [3.8, 4) is 0 Å². The number of hydrogen-bond acceptors (Lipinski definition) is 4. The molecular weight excluding hydrogens is 269 g/mol. The van der Waals surface area contributed by atoms with Gasteiger partial charge in [0, 0.05) is 31.1 Å². The van der Waals surface area contributed by atoms with Crippen LogP contribution < -0.4 is 0 Å². The summed E-state index contributed by atoms with van der Waals surface area (Å²) in [6.45, 7) is 2.28. The van der Waals surface area contributed by atoms with Gasteiger partial charge in [0.25, 0.3) is 0 Å². The van der Waals surface area contributed by atoms with Gasteiger partial charge in [0.15, 0.2) is 11.6 Å². The molecule has 0 spiro atoms. The summed E-state index contributed by atoms with van der Waals surface area (Å²) in [5.41, 5.74) is 2.87. The molecule has 3 aliphatic heterocycles. The Kier molecular flexibility index (Phi) is 3.01. The minimum atomic E-state index is -0.204. The number of aliphatic imine (C=N–C) groups is 1. The van der Waals surface area contributed by atoms with E-state index in [2.05, 4.69) is 9.89 Å². The maximum absolute atomic E-state index is 14.6. The third-order valence-electron chi connectivity index (χ3n) is 4.59. The van der Waals surface area contributed by atoms with Crippen molar-refractivity contribution in [3.05, 3.63) is 34.8 Å². The van der Waals surface area contributed by atoms with Crippen molar-refractivity contribution >= 4 is 6.21 Å². The average molecular weight is 289 g/mol. The van der Waals surface area contributed by atoms with Crippen LogP contribution in [0.5, 0.6) is 0 Å². The van der Waals surface area contributed by atoms with Crippen LogP contribution in [0.4, 0.5) is 4.39 Å². The molecule has 4 rings (SSSR count). The van der Waals surface area contributed by atoms with Gasteiger partial charge in [-0.15, -0.1) is 0 Å². The minimum Gasteiger partial charge on any atom is -0.492 e. The van der Waals surface area contributed by atoms with Gasteiger partial charge in [-0.05, 0) is 31.6 Å². The summed E-state index contributed by atoms with van der Waals surface area (Å²) in [6.07, 6.45) is 8.17. The highest BCUT2D eigenvalue weighted by atomic mass is 19.1. The predicted octanol–water partition coefficient (Wildman–Crippen LogP) is 2.77. The molecule has 0 amide bonds. The fraction of sp³-hybridized carbons (Fsp3) is 0.562. The van der Waals surface area contributed by atoms with Gasteiger partial charge in [-0.2, -0.15) is 0 Å². The van der Waals surface area contributed by atoms with Crippen molar-refractivity contribution in [1.82, 2.24) is 9.80 Å². The second-order valence-corrected chi connectivity index (χ2v) is 6.05. The highest BCUT2D eigenvalue weighted by molar-refractivity contribution is 5.83. The van der Waals surface area contributed by atoms with Crippen molar-refractivity contribution in [1.29, 1.82) is 0 Å². The van der Waals surface area contributed by atoms with E-state index in [0.717, 1.165) is 31.6 Å². The van der Waals surface area contributed by atoms with E-state index >= 15 is 0 Å². The molecule has 3 heterocycles. The first-order valence-electron chi connectivity index (χ1n) is 7.71. The maximum atomic E-state index is 14.6. The van der Waals surface area contributed by atoms with Gasteiger partial charge in [0.1, 0.15) is 12.4 Å². The molecule has 1 saturated carbocycles. The Hall–Kier alpha value is -1.78. The Balaban J connectivity index is 1.85. The lowest BCUT2D eigenvalue weighted by atomic mass is 10.0. The maximum Gasteiger partial charge on any atom is 0.169 e. The fourth-order valence-electron chi connectivity index (χ4n) is 3.43. The Labute approximate surface area is 124 Å². The molecule has 0 aromatic carbocycles. The number of allylic oxidation sites excluding steroid dienone is 2. The van der Waals surface area contributed by atoms with Crippen molar-refractivity contribution in [2.24, 2.45) is 10.9 Å². The molecule has 1 aliphatic carbocycles. The highest BCUT2D eigenvalue weighted by Crippen LogP contribution is 2.44. The average Bonchev–Trinajstić information content (AvgIpc) is 3.20. The molecule has 0 radical (unpaired) electrons. The van der Waals surface area contributed by atoms with Gasteiger partial charge in [-0.25, -0.2) is 4.39 Å². The second-order valence-electron chi connectivity index (χ2n) is 6.05. The van der Waals surface area contributed by atoms with Crippen molar-refractivity contribution in [3.63, 3.8) is 0 Å². The van der Waals surface area contributed by atoms with Crippen LogP contribution in [0.3, 0.4) is 0 Å². The molecule has 0 bridgehead atoms. The number of likely N-dealkylation sites (tertiary alicyclic amines) is 1. The Bertz CT molecular complexity index is 580. The SMILES string of the molecule is COC1=C(N2CCCC2)C(F)=CN2CN=CC(C3CC3)=C12. The van der Waals surface area contributed by atoms with Gasteiger partial charge in [0.2, 0.25) is 0 Å². The lowest BCUT2D eigenvalue weighted by molar-refractivity contribution is 0.239. The molecule has 4 nitrogen and oxygen atoms in total. The van der Waals surface area contributed by atoms with Crippen LogP contribution in [0.2, 0.25) is 0 Å². The summed E-state index contributed by atoms with van der Waals surface area (Å²) in [5, 5.41) is 0.